The third kappa shape index (κ3) is 2.30. The molecule has 88 valence electrons. The highest BCUT2D eigenvalue weighted by Crippen LogP contribution is 2.32. The summed E-state index contributed by atoms with van der Waals surface area (Å²) in [7, 11) is 1.49. The zero-order chi connectivity index (χ0) is 11.5. The van der Waals surface area contributed by atoms with E-state index in [2.05, 4.69) is 5.32 Å². The maximum absolute atomic E-state index is 13.8. The molecule has 1 aromatic rings. The van der Waals surface area contributed by atoms with E-state index in [4.69, 9.17) is 16.3 Å². The summed E-state index contributed by atoms with van der Waals surface area (Å²) in [5.74, 6) is 0.138. The number of rotatable bonds is 2. The normalized spacial score (nSPS) is 20.8. The Hall–Kier alpha value is -0.800. The molecule has 1 aromatic carbocycles. The highest BCUT2D eigenvalue weighted by molar-refractivity contribution is 6.32. The third-order valence-electron chi connectivity index (χ3n) is 2.96. The van der Waals surface area contributed by atoms with Crippen LogP contribution >= 0.6 is 11.6 Å². The van der Waals surface area contributed by atoms with Crippen molar-refractivity contribution in [3.8, 4) is 5.75 Å². The van der Waals surface area contributed by atoms with Gasteiger partial charge in [0.15, 0.2) is 0 Å². The second-order valence-electron chi connectivity index (χ2n) is 4.01. The molecular formula is C12H15ClFNO. The van der Waals surface area contributed by atoms with Crippen molar-refractivity contribution in [2.75, 3.05) is 13.7 Å². The second kappa shape index (κ2) is 5.02. The minimum atomic E-state index is -0.249. The molecule has 1 unspecified atom stereocenters. The van der Waals surface area contributed by atoms with Gasteiger partial charge in [0, 0.05) is 17.7 Å². The van der Waals surface area contributed by atoms with Crippen molar-refractivity contribution in [3.63, 3.8) is 0 Å². The Morgan fingerprint density at radius 3 is 2.88 bits per heavy atom. The molecule has 0 aliphatic carbocycles. The number of halogens is 2. The van der Waals surface area contributed by atoms with Crippen LogP contribution in [0.1, 0.15) is 30.9 Å². The van der Waals surface area contributed by atoms with E-state index in [-0.39, 0.29) is 11.9 Å². The molecule has 2 nitrogen and oxygen atoms in total. The zero-order valence-corrected chi connectivity index (χ0v) is 9.98. The fourth-order valence-electron chi connectivity index (χ4n) is 2.08. The topological polar surface area (TPSA) is 21.3 Å². The van der Waals surface area contributed by atoms with E-state index in [0.717, 1.165) is 25.8 Å². The number of benzene rings is 1. The molecule has 1 aliphatic heterocycles. The average Bonchev–Trinajstić information content (AvgIpc) is 2.32. The number of methoxy groups -OCH3 is 1. The van der Waals surface area contributed by atoms with Crippen LogP contribution in [0.25, 0.3) is 0 Å². The molecule has 0 saturated carbocycles. The summed E-state index contributed by atoms with van der Waals surface area (Å²) >= 11 is 6.00. The van der Waals surface area contributed by atoms with Crippen molar-refractivity contribution < 1.29 is 9.13 Å². The van der Waals surface area contributed by atoms with Gasteiger partial charge >= 0.3 is 0 Å². The fraction of sp³-hybridized carbons (Fsp3) is 0.500. The number of hydrogen-bond acceptors (Lipinski definition) is 2. The number of nitrogens with one attached hydrogen (secondary N) is 1. The van der Waals surface area contributed by atoms with Crippen LogP contribution in [0.3, 0.4) is 0 Å². The molecular weight excluding hydrogens is 229 g/mol. The van der Waals surface area contributed by atoms with Gasteiger partial charge in [0.2, 0.25) is 0 Å². The van der Waals surface area contributed by atoms with Gasteiger partial charge in [-0.25, -0.2) is 4.39 Å². The Kier molecular flexibility index (Phi) is 3.66. The smallest absolute Gasteiger partial charge is 0.140 e. The molecule has 1 fully saturated rings. The molecule has 1 N–H and O–H groups in total. The highest BCUT2D eigenvalue weighted by atomic mass is 35.5. The first-order valence-corrected chi connectivity index (χ1v) is 5.86. The molecule has 4 heteroatoms. The van der Waals surface area contributed by atoms with Crippen LogP contribution in [0, 0.1) is 5.82 Å². The van der Waals surface area contributed by atoms with E-state index in [1.54, 1.807) is 6.07 Å². The first kappa shape index (κ1) is 11.7. The molecule has 1 saturated heterocycles. The van der Waals surface area contributed by atoms with Crippen LogP contribution in [-0.4, -0.2) is 13.7 Å². The van der Waals surface area contributed by atoms with Gasteiger partial charge in [-0.15, -0.1) is 0 Å². The van der Waals surface area contributed by atoms with Gasteiger partial charge in [0.1, 0.15) is 11.6 Å². The quantitative estimate of drug-likeness (QED) is 0.861. The molecule has 2 rings (SSSR count). The van der Waals surface area contributed by atoms with Gasteiger partial charge < -0.3 is 10.1 Å². The lowest BCUT2D eigenvalue weighted by molar-refractivity contribution is 0.392. The van der Waals surface area contributed by atoms with Crippen LogP contribution in [0.2, 0.25) is 5.02 Å². The van der Waals surface area contributed by atoms with Gasteiger partial charge in [0.25, 0.3) is 0 Å². The van der Waals surface area contributed by atoms with Crippen molar-refractivity contribution in [1.29, 1.82) is 0 Å². The van der Waals surface area contributed by atoms with Crippen LogP contribution in [0.5, 0.6) is 5.75 Å². The third-order valence-corrected chi connectivity index (χ3v) is 3.25. The number of hydrogen-bond donors (Lipinski definition) is 1. The summed E-state index contributed by atoms with van der Waals surface area (Å²) in [6, 6.07) is 3.10. The minimum Gasteiger partial charge on any atom is -0.495 e. The van der Waals surface area contributed by atoms with Crippen LogP contribution in [-0.2, 0) is 0 Å². The number of piperidine rings is 1. The molecule has 16 heavy (non-hydrogen) atoms. The molecule has 0 radical (unpaired) electrons. The lowest BCUT2D eigenvalue weighted by Crippen LogP contribution is -2.27. The summed E-state index contributed by atoms with van der Waals surface area (Å²) in [5, 5.41) is 3.77. The molecule has 1 aliphatic rings. The largest absolute Gasteiger partial charge is 0.495 e. The second-order valence-corrected chi connectivity index (χ2v) is 4.42. The SMILES string of the molecule is COc1cc(F)c(C2CCCCN2)cc1Cl. The predicted octanol–water partition coefficient (Wildman–Crippen LogP) is 3.30. The summed E-state index contributed by atoms with van der Waals surface area (Å²) in [6.45, 7) is 0.938. The minimum absolute atomic E-state index is 0.0807. The Bertz CT molecular complexity index is 378. The summed E-state index contributed by atoms with van der Waals surface area (Å²) in [6.07, 6.45) is 3.24. The molecule has 1 heterocycles. The van der Waals surface area contributed by atoms with E-state index < -0.39 is 0 Å². The van der Waals surface area contributed by atoms with E-state index in [0.29, 0.717) is 16.3 Å². The molecule has 0 amide bonds. The van der Waals surface area contributed by atoms with Crippen LogP contribution < -0.4 is 10.1 Å². The Labute approximate surface area is 99.7 Å². The molecule has 0 bridgehead atoms. The predicted molar refractivity (Wildman–Crippen MR) is 62.6 cm³/mol. The maximum Gasteiger partial charge on any atom is 0.140 e. The molecule has 1 atom stereocenters. The Morgan fingerprint density at radius 2 is 2.25 bits per heavy atom. The van der Waals surface area contributed by atoms with Crippen molar-refractivity contribution in [3.05, 3.63) is 28.5 Å². The lowest BCUT2D eigenvalue weighted by Gasteiger charge is -2.24. The standard InChI is InChI=1S/C12H15ClFNO/c1-16-12-7-10(14)8(6-9(12)13)11-4-2-3-5-15-11/h6-7,11,15H,2-5H2,1H3. The fourth-order valence-corrected chi connectivity index (χ4v) is 2.33. The summed E-state index contributed by atoms with van der Waals surface area (Å²) in [4.78, 5) is 0. The molecule has 0 aromatic heterocycles. The monoisotopic (exact) mass is 243 g/mol. The van der Waals surface area contributed by atoms with E-state index >= 15 is 0 Å². The van der Waals surface area contributed by atoms with Gasteiger partial charge in [0.05, 0.1) is 12.1 Å². The van der Waals surface area contributed by atoms with E-state index in [9.17, 15) is 4.39 Å². The highest BCUT2D eigenvalue weighted by Gasteiger charge is 2.20. The summed E-state index contributed by atoms with van der Waals surface area (Å²) in [5.41, 5.74) is 0.644. The van der Waals surface area contributed by atoms with E-state index in [1.807, 2.05) is 0 Å². The molecule has 0 spiro atoms. The Morgan fingerprint density at radius 1 is 1.44 bits per heavy atom. The maximum atomic E-state index is 13.8. The Balaban J connectivity index is 2.29. The van der Waals surface area contributed by atoms with Crippen LogP contribution in [0.15, 0.2) is 12.1 Å². The number of ether oxygens (including phenoxy) is 1. The van der Waals surface area contributed by atoms with Gasteiger partial charge in [-0.1, -0.05) is 18.0 Å². The van der Waals surface area contributed by atoms with E-state index in [1.165, 1.54) is 13.2 Å². The van der Waals surface area contributed by atoms with Crippen molar-refractivity contribution in [2.24, 2.45) is 0 Å². The van der Waals surface area contributed by atoms with Crippen molar-refractivity contribution in [2.45, 2.75) is 25.3 Å². The van der Waals surface area contributed by atoms with Gasteiger partial charge in [-0.2, -0.15) is 0 Å². The first-order chi connectivity index (χ1) is 7.72. The van der Waals surface area contributed by atoms with Crippen molar-refractivity contribution >= 4 is 11.6 Å². The summed E-state index contributed by atoms with van der Waals surface area (Å²) < 4.78 is 18.8. The zero-order valence-electron chi connectivity index (χ0n) is 9.22. The van der Waals surface area contributed by atoms with Gasteiger partial charge in [-0.3, -0.25) is 0 Å². The van der Waals surface area contributed by atoms with Gasteiger partial charge in [-0.05, 0) is 25.5 Å². The first-order valence-electron chi connectivity index (χ1n) is 5.48. The van der Waals surface area contributed by atoms with Crippen molar-refractivity contribution in [1.82, 2.24) is 5.32 Å². The van der Waals surface area contributed by atoms with Crippen LogP contribution in [0.4, 0.5) is 4.39 Å². The average molecular weight is 244 g/mol. The lowest BCUT2D eigenvalue weighted by atomic mass is 9.97.